The molecule has 1 aromatic rings. The number of hydrogen-bond acceptors (Lipinski definition) is 2. The lowest BCUT2D eigenvalue weighted by Crippen LogP contribution is -2.26. The average Bonchev–Trinajstić information content (AvgIpc) is 2.32. The van der Waals surface area contributed by atoms with Crippen molar-refractivity contribution in [3.63, 3.8) is 0 Å². The van der Waals surface area contributed by atoms with E-state index in [-0.39, 0.29) is 17.2 Å². The molecule has 0 amide bonds. The third kappa shape index (κ3) is 4.51. The third-order valence-electron chi connectivity index (χ3n) is 3.33. The van der Waals surface area contributed by atoms with Gasteiger partial charge in [0.1, 0.15) is 11.6 Å². The van der Waals surface area contributed by atoms with Crippen molar-refractivity contribution in [2.75, 3.05) is 14.2 Å². The Balaban J connectivity index is 2.92. The van der Waals surface area contributed by atoms with E-state index < -0.39 is 11.6 Å². The first-order chi connectivity index (χ1) is 8.80. The number of benzene rings is 1. The molecule has 1 aromatic carbocycles. The van der Waals surface area contributed by atoms with Gasteiger partial charge in [0.2, 0.25) is 0 Å². The van der Waals surface area contributed by atoms with Crippen LogP contribution in [0.25, 0.3) is 0 Å². The number of halogens is 3. The monoisotopic (exact) mass is 335 g/mol. The largest absolute Gasteiger partial charge is 0.379 e. The maximum absolute atomic E-state index is 13.9. The fourth-order valence-corrected chi connectivity index (χ4v) is 2.32. The Labute approximate surface area is 121 Å². The minimum atomic E-state index is -0.540. The van der Waals surface area contributed by atoms with Crippen LogP contribution >= 0.6 is 15.9 Å². The summed E-state index contributed by atoms with van der Waals surface area (Å²) < 4.78 is 33.5. The van der Waals surface area contributed by atoms with Crippen LogP contribution in [0.4, 0.5) is 8.78 Å². The third-order valence-corrected chi connectivity index (χ3v) is 3.79. The number of ether oxygens (including phenoxy) is 1. The number of hydrogen-bond donors (Lipinski definition) is 1. The minimum Gasteiger partial charge on any atom is -0.379 e. The van der Waals surface area contributed by atoms with Crippen LogP contribution < -0.4 is 5.32 Å². The average molecular weight is 336 g/mol. The van der Waals surface area contributed by atoms with E-state index in [1.165, 1.54) is 12.1 Å². The molecule has 0 saturated carbocycles. The van der Waals surface area contributed by atoms with E-state index in [1.807, 2.05) is 13.8 Å². The molecule has 0 spiro atoms. The van der Waals surface area contributed by atoms with Crippen molar-refractivity contribution in [3.8, 4) is 0 Å². The Morgan fingerprint density at radius 3 is 2.26 bits per heavy atom. The summed E-state index contributed by atoms with van der Waals surface area (Å²) in [4.78, 5) is 0. The number of nitrogens with one attached hydrogen (secondary N) is 1. The zero-order valence-corrected chi connectivity index (χ0v) is 13.3. The maximum atomic E-state index is 13.9. The molecule has 0 radical (unpaired) electrons. The molecule has 1 N–H and O–H groups in total. The van der Waals surface area contributed by atoms with E-state index >= 15 is 0 Å². The van der Waals surface area contributed by atoms with Crippen molar-refractivity contribution in [1.82, 2.24) is 5.32 Å². The first kappa shape index (κ1) is 16.5. The molecule has 0 aliphatic heterocycles. The second kappa shape index (κ2) is 6.77. The smallest absolute Gasteiger partial charge is 0.132 e. The molecule has 2 nitrogen and oxygen atoms in total. The van der Waals surface area contributed by atoms with Gasteiger partial charge in [-0.1, -0.05) is 15.9 Å². The first-order valence-electron chi connectivity index (χ1n) is 6.17. The summed E-state index contributed by atoms with van der Waals surface area (Å²) in [7, 11) is 3.33. The van der Waals surface area contributed by atoms with Crippen molar-refractivity contribution >= 4 is 15.9 Å². The van der Waals surface area contributed by atoms with E-state index in [2.05, 4.69) is 21.2 Å². The Morgan fingerprint density at radius 2 is 1.84 bits per heavy atom. The molecular weight excluding hydrogens is 316 g/mol. The van der Waals surface area contributed by atoms with Gasteiger partial charge < -0.3 is 10.1 Å². The lowest BCUT2D eigenvalue weighted by Gasteiger charge is -2.26. The number of methoxy groups -OCH3 is 1. The van der Waals surface area contributed by atoms with E-state index in [0.29, 0.717) is 17.3 Å². The van der Waals surface area contributed by atoms with Crippen LogP contribution in [0.15, 0.2) is 16.6 Å². The highest BCUT2D eigenvalue weighted by molar-refractivity contribution is 9.10. The zero-order chi connectivity index (χ0) is 14.6. The highest BCUT2D eigenvalue weighted by Gasteiger charge is 2.23. The summed E-state index contributed by atoms with van der Waals surface area (Å²) in [6.07, 6.45) is 1.29. The van der Waals surface area contributed by atoms with Crippen LogP contribution in [0.2, 0.25) is 0 Å². The van der Waals surface area contributed by atoms with Crippen LogP contribution in [-0.4, -0.2) is 19.8 Å². The highest BCUT2D eigenvalue weighted by atomic mass is 79.9. The molecule has 0 saturated heterocycles. The Kier molecular flexibility index (Phi) is 5.89. The quantitative estimate of drug-likeness (QED) is 0.841. The number of rotatable bonds is 6. The Hall–Kier alpha value is -0.520. The molecule has 0 aromatic heterocycles. The molecule has 1 unspecified atom stereocenters. The predicted octanol–water partition coefficient (Wildman–Crippen LogP) is 4.19. The van der Waals surface area contributed by atoms with E-state index in [9.17, 15) is 8.78 Å². The van der Waals surface area contributed by atoms with Crippen LogP contribution in [0.5, 0.6) is 0 Å². The van der Waals surface area contributed by atoms with Gasteiger partial charge in [-0.05, 0) is 45.9 Å². The van der Waals surface area contributed by atoms with E-state index in [1.54, 1.807) is 14.2 Å². The molecule has 1 rings (SSSR count). The summed E-state index contributed by atoms with van der Waals surface area (Å²) in [5, 5.41) is 2.97. The van der Waals surface area contributed by atoms with Gasteiger partial charge in [-0.2, -0.15) is 0 Å². The summed E-state index contributed by atoms with van der Waals surface area (Å²) >= 11 is 3.08. The molecular formula is C14H20BrF2NO. The summed E-state index contributed by atoms with van der Waals surface area (Å²) in [5.41, 5.74) is -0.227. The van der Waals surface area contributed by atoms with E-state index in [4.69, 9.17) is 4.74 Å². The van der Waals surface area contributed by atoms with Crippen LogP contribution in [0.1, 0.15) is 38.3 Å². The maximum Gasteiger partial charge on any atom is 0.132 e. The van der Waals surface area contributed by atoms with Gasteiger partial charge in [-0.25, -0.2) is 8.78 Å². The van der Waals surface area contributed by atoms with Crippen LogP contribution in [0.3, 0.4) is 0 Å². The van der Waals surface area contributed by atoms with Gasteiger partial charge in [0.05, 0.1) is 5.60 Å². The van der Waals surface area contributed by atoms with Crippen LogP contribution in [0, 0.1) is 11.6 Å². The first-order valence-corrected chi connectivity index (χ1v) is 6.97. The SMILES string of the molecule is CNC(CCC(C)(C)OC)c1c(F)cc(Br)cc1F. The van der Waals surface area contributed by atoms with Gasteiger partial charge in [0.25, 0.3) is 0 Å². The molecule has 0 aliphatic rings. The zero-order valence-electron chi connectivity index (χ0n) is 11.7. The van der Waals surface area contributed by atoms with Crippen molar-refractivity contribution < 1.29 is 13.5 Å². The van der Waals surface area contributed by atoms with Crippen molar-refractivity contribution in [2.24, 2.45) is 0 Å². The topological polar surface area (TPSA) is 21.3 Å². The normalized spacial score (nSPS) is 13.6. The van der Waals surface area contributed by atoms with Gasteiger partial charge in [-0.15, -0.1) is 0 Å². The highest BCUT2D eigenvalue weighted by Crippen LogP contribution is 2.29. The molecule has 0 heterocycles. The lowest BCUT2D eigenvalue weighted by atomic mass is 9.94. The van der Waals surface area contributed by atoms with Gasteiger partial charge in [0, 0.05) is 23.2 Å². The standard InChI is InChI=1S/C14H20BrF2NO/c1-14(2,19-4)6-5-12(18-3)13-10(16)7-9(15)8-11(13)17/h7-8,12,18H,5-6H2,1-4H3. The molecule has 0 fully saturated rings. The molecule has 108 valence electrons. The summed E-state index contributed by atoms with van der Waals surface area (Å²) in [5.74, 6) is -1.08. The molecule has 19 heavy (non-hydrogen) atoms. The van der Waals surface area contributed by atoms with Gasteiger partial charge in [-0.3, -0.25) is 0 Å². The summed E-state index contributed by atoms with van der Waals surface area (Å²) in [6.45, 7) is 3.90. The van der Waals surface area contributed by atoms with Crippen molar-refractivity contribution in [1.29, 1.82) is 0 Å². The van der Waals surface area contributed by atoms with Gasteiger partial charge in [0.15, 0.2) is 0 Å². The molecule has 0 aliphatic carbocycles. The second-order valence-corrected chi connectivity index (χ2v) is 6.04. The molecule has 1 atom stereocenters. The Morgan fingerprint density at radius 1 is 1.32 bits per heavy atom. The fourth-order valence-electron chi connectivity index (χ4n) is 1.91. The van der Waals surface area contributed by atoms with Gasteiger partial charge >= 0.3 is 0 Å². The van der Waals surface area contributed by atoms with Crippen molar-refractivity contribution in [2.45, 2.75) is 38.3 Å². The predicted molar refractivity (Wildman–Crippen MR) is 76.2 cm³/mol. The minimum absolute atomic E-state index is 0.0811. The van der Waals surface area contributed by atoms with Crippen molar-refractivity contribution in [3.05, 3.63) is 33.8 Å². The molecule has 0 bridgehead atoms. The molecule has 5 heteroatoms. The van der Waals surface area contributed by atoms with Crippen LogP contribution in [-0.2, 0) is 4.74 Å². The second-order valence-electron chi connectivity index (χ2n) is 5.13. The van der Waals surface area contributed by atoms with E-state index in [0.717, 1.165) is 0 Å². The summed E-state index contributed by atoms with van der Waals surface area (Å²) in [6, 6.07) is 2.19. The Bertz CT molecular complexity index is 414. The lowest BCUT2D eigenvalue weighted by molar-refractivity contribution is 0.0117. The fraction of sp³-hybridized carbons (Fsp3) is 0.571.